The Morgan fingerprint density at radius 3 is 2.89 bits per heavy atom. The van der Waals surface area contributed by atoms with Crippen LogP contribution in [0.15, 0.2) is 29.6 Å². The van der Waals surface area contributed by atoms with Crippen molar-refractivity contribution < 1.29 is 18.0 Å². The molecule has 144 valence electrons. The molecule has 0 bridgehead atoms. The third-order valence-electron chi connectivity index (χ3n) is 5.24. The minimum absolute atomic E-state index is 0.100. The van der Waals surface area contributed by atoms with Crippen LogP contribution in [0.25, 0.3) is 0 Å². The van der Waals surface area contributed by atoms with Crippen LogP contribution in [0.5, 0.6) is 0 Å². The van der Waals surface area contributed by atoms with Crippen molar-refractivity contribution in [3.05, 3.63) is 45.8 Å². The lowest BCUT2D eigenvalue weighted by Gasteiger charge is -2.36. The summed E-state index contributed by atoms with van der Waals surface area (Å²) in [6.07, 6.45) is -2.05. The van der Waals surface area contributed by atoms with Crippen molar-refractivity contribution >= 4 is 23.1 Å². The molecule has 27 heavy (non-hydrogen) atoms. The molecule has 1 unspecified atom stereocenters. The minimum atomic E-state index is -4.47. The highest BCUT2D eigenvalue weighted by Crippen LogP contribution is 2.31. The molecule has 0 N–H and O–H groups in total. The Morgan fingerprint density at radius 1 is 1.22 bits per heavy atom. The van der Waals surface area contributed by atoms with Gasteiger partial charge in [0.1, 0.15) is 11.5 Å². The molecule has 4 heterocycles. The van der Waals surface area contributed by atoms with E-state index in [-0.39, 0.29) is 11.8 Å². The molecule has 1 amide bonds. The van der Waals surface area contributed by atoms with E-state index < -0.39 is 11.9 Å². The third-order valence-corrected chi connectivity index (χ3v) is 6.26. The summed E-state index contributed by atoms with van der Waals surface area (Å²) in [7, 11) is 0. The van der Waals surface area contributed by atoms with E-state index in [0.717, 1.165) is 25.3 Å². The van der Waals surface area contributed by atoms with Gasteiger partial charge in [-0.3, -0.25) is 4.79 Å². The van der Waals surface area contributed by atoms with Gasteiger partial charge < -0.3 is 9.80 Å². The van der Waals surface area contributed by atoms with Crippen LogP contribution < -0.4 is 4.90 Å². The van der Waals surface area contributed by atoms with E-state index in [0.29, 0.717) is 32.0 Å². The van der Waals surface area contributed by atoms with E-state index >= 15 is 0 Å². The first-order chi connectivity index (χ1) is 12.9. The number of thiophene rings is 1. The zero-order valence-corrected chi connectivity index (χ0v) is 15.5. The predicted octanol–water partition coefficient (Wildman–Crippen LogP) is 3.96. The number of carbonyl (C=O) groups excluding carboxylic acids is 1. The predicted molar refractivity (Wildman–Crippen MR) is 97.6 cm³/mol. The Hall–Kier alpha value is -2.09. The fourth-order valence-corrected chi connectivity index (χ4v) is 4.73. The summed E-state index contributed by atoms with van der Waals surface area (Å²) in [5, 5.41) is 2.06. The molecular weight excluding hydrogens is 375 g/mol. The van der Waals surface area contributed by atoms with Gasteiger partial charge in [-0.2, -0.15) is 13.2 Å². The van der Waals surface area contributed by atoms with Crippen molar-refractivity contribution in [2.45, 2.75) is 32.0 Å². The molecule has 1 saturated heterocycles. The van der Waals surface area contributed by atoms with E-state index in [9.17, 15) is 18.0 Å². The van der Waals surface area contributed by atoms with Crippen LogP contribution in [0.4, 0.5) is 19.0 Å². The first-order valence-electron chi connectivity index (χ1n) is 9.05. The number of piperidine rings is 1. The number of pyridine rings is 1. The molecule has 0 aromatic carbocycles. The Bertz CT molecular complexity index is 836. The van der Waals surface area contributed by atoms with Gasteiger partial charge in [0.15, 0.2) is 0 Å². The fourth-order valence-electron chi connectivity index (χ4n) is 3.84. The van der Waals surface area contributed by atoms with Crippen molar-refractivity contribution in [2.24, 2.45) is 5.92 Å². The third kappa shape index (κ3) is 3.81. The number of halogens is 3. The van der Waals surface area contributed by atoms with E-state index in [1.807, 2.05) is 4.90 Å². The van der Waals surface area contributed by atoms with Crippen LogP contribution >= 0.6 is 11.3 Å². The smallest absolute Gasteiger partial charge is 0.356 e. The summed E-state index contributed by atoms with van der Waals surface area (Å²) in [5.41, 5.74) is 0.321. The largest absolute Gasteiger partial charge is 0.433 e. The quantitative estimate of drug-likeness (QED) is 0.772. The van der Waals surface area contributed by atoms with Gasteiger partial charge in [0.05, 0.1) is 5.92 Å². The van der Waals surface area contributed by atoms with E-state index in [1.165, 1.54) is 16.5 Å². The number of hydrogen-bond acceptors (Lipinski definition) is 4. The molecule has 4 nitrogen and oxygen atoms in total. The topological polar surface area (TPSA) is 36.4 Å². The average Bonchev–Trinajstić information content (AvgIpc) is 3.15. The first-order valence-corrected chi connectivity index (χ1v) is 9.93. The van der Waals surface area contributed by atoms with Crippen molar-refractivity contribution in [3.63, 3.8) is 0 Å². The standard InChI is InChI=1S/C19H20F3N3OS/c20-19(21,22)16-4-1-5-17(23-16)24-8-2-3-14(12-24)18(26)25-9-6-15-13(11-25)7-10-27-15/h1,4-5,7,10,14H,2-3,6,8-9,11-12H2. The zero-order chi connectivity index (χ0) is 19.0. The second-order valence-corrected chi connectivity index (χ2v) is 8.04. The van der Waals surface area contributed by atoms with Crippen LogP contribution in [0.1, 0.15) is 29.0 Å². The number of carbonyl (C=O) groups is 1. The lowest BCUT2D eigenvalue weighted by Crippen LogP contribution is -2.46. The van der Waals surface area contributed by atoms with Gasteiger partial charge in [0.25, 0.3) is 0 Å². The highest BCUT2D eigenvalue weighted by molar-refractivity contribution is 7.10. The summed E-state index contributed by atoms with van der Waals surface area (Å²) in [6, 6.07) is 6.00. The maximum Gasteiger partial charge on any atom is 0.433 e. The number of aromatic nitrogens is 1. The van der Waals surface area contributed by atoms with E-state index in [4.69, 9.17) is 0 Å². The molecule has 2 aromatic heterocycles. The molecule has 2 aliphatic heterocycles. The Labute approximate surface area is 159 Å². The molecule has 0 spiro atoms. The molecule has 0 radical (unpaired) electrons. The normalized spacial score (nSPS) is 20.5. The van der Waals surface area contributed by atoms with Gasteiger partial charge >= 0.3 is 6.18 Å². The molecule has 1 fully saturated rings. The number of anilines is 1. The Morgan fingerprint density at radius 2 is 2.07 bits per heavy atom. The number of alkyl halides is 3. The summed E-state index contributed by atoms with van der Waals surface area (Å²) in [5.74, 6) is 0.194. The highest BCUT2D eigenvalue weighted by atomic mass is 32.1. The van der Waals surface area contributed by atoms with Crippen LogP contribution in [0.3, 0.4) is 0 Å². The number of rotatable bonds is 2. The highest BCUT2D eigenvalue weighted by Gasteiger charge is 2.35. The van der Waals surface area contributed by atoms with Crippen LogP contribution in [-0.2, 0) is 23.9 Å². The molecule has 0 aliphatic carbocycles. The maximum absolute atomic E-state index is 13.0. The van der Waals surface area contributed by atoms with Crippen LogP contribution in [0.2, 0.25) is 0 Å². The average molecular weight is 395 g/mol. The number of hydrogen-bond donors (Lipinski definition) is 0. The monoisotopic (exact) mass is 395 g/mol. The fraction of sp³-hybridized carbons (Fsp3) is 0.474. The lowest BCUT2D eigenvalue weighted by atomic mass is 9.95. The maximum atomic E-state index is 13.0. The van der Waals surface area contributed by atoms with Crippen LogP contribution in [-0.4, -0.2) is 35.4 Å². The first kappa shape index (κ1) is 18.3. The van der Waals surface area contributed by atoms with Gasteiger partial charge in [-0.1, -0.05) is 6.07 Å². The van der Waals surface area contributed by atoms with E-state index in [1.54, 1.807) is 22.3 Å². The van der Waals surface area contributed by atoms with Crippen molar-refractivity contribution in [1.29, 1.82) is 0 Å². The number of amides is 1. The molecule has 4 rings (SSSR count). The molecule has 2 aliphatic rings. The van der Waals surface area contributed by atoms with Crippen molar-refractivity contribution in [1.82, 2.24) is 9.88 Å². The number of nitrogens with zero attached hydrogens (tertiary/aromatic N) is 3. The Kier molecular flexibility index (Phi) is 4.84. The summed E-state index contributed by atoms with van der Waals surface area (Å²) in [6.45, 7) is 2.38. The molecular formula is C19H20F3N3OS. The molecule has 0 saturated carbocycles. The molecule has 1 atom stereocenters. The molecule has 8 heteroatoms. The number of fused-ring (bicyclic) bond motifs is 1. The second kappa shape index (κ2) is 7.14. The van der Waals surface area contributed by atoms with Crippen molar-refractivity contribution in [2.75, 3.05) is 24.5 Å². The van der Waals surface area contributed by atoms with Gasteiger partial charge in [-0.25, -0.2) is 4.98 Å². The van der Waals surface area contributed by atoms with E-state index in [2.05, 4.69) is 16.4 Å². The SMILES string of the molecule is O=C(C1CCCN(c2cccc(C(F)(F)F)n2)C1)N1CCc2sccc2C1. The van der Waals surface area contributed by atoms with Gasteiger partial charge in [-0.05, 0) is 48.4 Å². The second-order valence-electron chi connectivity index (χ2n) is 7.04. The zero-order valence-electron chi connectivity index (χ0n) is 14.7. The van der Waals surface area contributed by atoms with Gasteiger partial charge in [-0.15, -0.1) is 11.3 Å². The summed E-state index contributed by atoms with van der Waals surface area (Å²) >= 11 is 1.73. The van der Waals surface area contributed by atoms with Crippen LogP contribution in [0, 0.1) is 5.92 Å². The lowest BCUT2D eigenvalue weighted by molar-refractivity contribution is -0.141. The van der Waals surface area contributed by atoms with Gasteiger partial charge in [0.2, 0.25) is 5.91 Å². The summed E-state index contributed by atoms with van der Waals surface area (Å²) in [4.78, 5) is 21.8. The molecule has 2 aromatic rings. The van der Waals surface area contributed by atoms with Gasteiger partial charge in [0, 0.05) is 31.1 Å². The summed E-state index contributed by atoms with van der Waals surface area (Å²) < 4.78 is 38.8. The van der Waals surface area contributed by atoms with Crippen molar-refractivity contribution in [3.8, 4) is 0 Å². The minimum Gasteiger partial charge on any atom is -0.356 e. The Balaban J connectivity index is 1.46.